The van der Waals surface area contributed by atoms with E-state index in [-0.39, 0.29) is 12.5 Å². The normalized spacial score (nSPS) is 11.0. The first kappa shape index (κ1) is 18.6. The summed E-state index contributed by atoms with van der Waals surface area (Å²) < 4.78 is 29.2. The molecular weight excluding hydrogens is 364 g/mol. The number of anilines is 2. The molecular formula is C19H18N4O3S. The first-order valence-electron chi connectivity index (χ1n) is 8.15. The zero-order valence-corrected chi connectivity index (χ0v) is 15.1. The molecule has 0 radical (unpaired) electrons. The van der Waals surface area contributed by atoms with Crippen LogP contribution in [0.3, 0.4) is 0 Å². The lowest BCUT2D eigenvalue weighted by atomic mass is 10.2. The van der Waals surface area contributed by atoms with Gasteiger partial charge in [0.05, 0.1) is 5.56 Å². The largest absolute Gasteiger partial charge is 0.322 e. The van der Waals surface area contributed by atoms with Gasteiger partial charge in [-0.2, -0.15) is 13.1 Å². The van der Waals surface area contributed by atoms with Crippen LogP contribution in [0.15, 0.2) is 79.1 Å². The molecule has 0 bridgehead atoms. The third kappa shape index (κ3) is 5.63. The highest BCUT2D eigenvalue weighted by atomic mass is 32.2. The molecule has 3 rings (SSSR count). The Morgan fingerprint density at radius 1 is 0.889 bits per heavy atom. The topological polar surface area (TPSA) is 100 Å². The maximum atomic E-state index is 12.1. The summed E-state index contributed by atoms with van der Waals surface area (Å²) in [5, 5.41) is 2.72. The smallest absolute Gasteiger partial charge is 0.299 e. The van der Waals surface area contributed by atoms with Gasteiger partial charge in [0.15, 0.2) is 0 Å². The maximum Gasteiger partial charge on any atom is 0.299 e. The molecule has 2 aromatic carbocycles. The third-order valence-corrected chi connectivity index (χ3v) is 4.66. The number of carbonyl (C=O) groups is 1. The van der Waals surface area contributed by atoms with Crippen LogP contribution in [-0.2, 0) is 16.8 Å². The minimum Gasteiger partial charge on any atom is -0.322 e. The van der Waals surface area contributed by atoms with Crippen LogP contribution in [0.25, 0.3) is 0 Å². The molecule has 0 unspecified atom stereocenters. The number of benzene rings is 2. The highest BCUT2D eigenvalue weighted by molar-refractivity contribution is 7.90. The Morgan fingerprint density at radius 3 is 2.26 bits per heavy atom. The van der Waals surface area contributed by atoms with Crippen LogP contribution in [-0.4, -0.2) is 19.3 Å². The zero-order chi connectivity index (χ0) is 19.1. The van der Waals surface area contributed by atoms with Crippen molar-refractivity contribution in [1.82, 2.24) is 9.71 Å². The summed E-state index contributed by atoms with van der Waals surface area (Å²) in [6, 6.07) is 18.9. The molecule has 0 saturated carbocycles. The number of amides is 1. The number of carbonyl (C=O) groups excluding carboxylic acids is 1. The van der Waals surface area contributed by atoms with E-state index in [2.05, 4.69) is 19.7 Å². The molecule has 0 aliphatic heterocycles. The lowest BCUT2D eigenvalue weighted by Gasteiger charge is -2.10. The van der Waals surface area contributed by atoms with Crippen molar-refractivity contribution < 1.29 is 13.2 Å². The molecule has 1 heterocycles. The molecule has 0 fully saturated rings. The first-order valence-corrected chi connectivity index (χ1v) is 9.63. The number of rotatable bonds is 7. The average Bonchev–Trinajstić information content (AvgIpc) is 2.69. The molecule has 0 atom stereocenters. The van der Waals surface area contributed by atoms with Crippen molar-refractivity contribution in [3.05, 3.63) is 90.3 Å². The van der Waals surface area contributed by atoms with Crippen LogP contribution in [0, 0.1) is 0 Å². The number of hydrogen-bond donors (Lipinski definition) is 3. The summed E-state index contributed by atoms with van der Waals surface area (Å²) in [6.45, 7) is 0.190. The van der Waals surface area contributed by atoms with E-state index in [1.54, 1.807) is 42.6 Å². The van der Waals surface area contributed by atoms with Gasteiger partial charge in [-0.1, -0.05) is 30.3 Å². The van der Waals surface area contributed by atoms with E-state index in [1.807, 2.05) is 30.3 Å². The van der Waals surface area contributed by atoms with E-state index in [0.29, 0.717) is 16.9 Å². The monoisotopic (exact) mass is 382 g/mol. The molecule has 138 valence electrons. The Bertz CT molecular complexity index is 992. The SMILES string of the molecule is O=C(Nc1ccc(NS(=O)(=O)NCc2ccccc2)cc1)c1cccnc1. The van der Waals surface area contributed by atoms with E-state index in [4.69, 9.17) is 0 Å². The fraction of sp³-hybridized carbons (Fsp3) is 0.0526. The summed E-state index contributed by atoms with van der Waals surface area (Å²) in [7, 11) is -3.71. The molecule has 0 spiro atoms. The van der Waals surface area contributed by atoms with Crippen LogP contribution in [0.2, 0.25) is 0 Å². The number of aromatic nitrogens is 1. The summed E-state index contributed by atoms with van der Waals surface area (Å²) in [5.74, 6) is -0.291. The van der Waals surface area contributed by atoms with Crippen molar-refractivity contribution in [2.24, 2.45) is 0 Å². The highest BCUT2D eigenvalue weighted by Gasteiger charge is 2.10. The van der Waals surface area contributed by atoms with Gasteiger partial charge in [0.1, 0.15) is 0 Å². The molecule has 1 aromatic heterocycles. The molecule has 0 aliphatic carbocycles. The molecule has 7 nitrogen and oxygen atoms in total. The van der Waals surface area contributed by atoms with Crippen molar-refractivity contribution in [2.45, 2.75) is 6.54 Å². The van der Waals surface area contributed by atoms with Gasteiger partial charge in [0.25, 0.3) is 16.1 Å². The Balaban J connectivity index is 1.57. The summed E-state index contributed by atoms with van der Waals surface area (Å²) in [6.07, 6.45) is 3.06. The lowest BCUT2D eigenvalue weighted by molar-refractivity contribution is 0.102. The molecule has 3 aromatic rings. The van der Waals surface area contributed by atoms with Crippen LogP contribution in [0.4, 0.5) is 11.4 Å². The van der Waals surface area contributed by atoms with Gasteiger partial charge in [-0.3, -0.25) is 14.5 Å². The third-order valence-electron chi connectivity index (χ3n) is 3.63. The molecule has 0 saturated heterocycles. The second-order valence-corrected chi connectivity index (χ2v) is 7.19. The van der Waals surface area contributed by atoms with Gasteiger partial charge in [0, 0.05) is 30.3 Å². The maximum absolute atomic E-state index is 12.1. The second-order valence-electron chi connectivity index (χ2n) is 5.69. The van der Waals surface area contributed by atoms with Gasteiger partial charge < -0.3 is 5.32 Å². The molecule has 3 N–H and O–H groups in total. The summed E-state index contributed by atoms with van der Waals surface area (Å²) >= 11 is 0. The van der Waals surface area contributed by atoms with E-state index in [0.717, 1.165) is 5.56 Å². The number of pyridine rings is 1. The minimum atomic E-state index is -3.71. The van der Waals surface area contributed by atoms with Crippen LogP contribution >= 0.6 is 0 Å². The highest BCUT2D eigenvalue weighted by Crippen LogP contribution is 2.15. The standard InChI is InChI=1S/C19H18N4O3S/c24-19(16-7-4-12-20-14-16)22-17-8-10-18(11-9-17)23-27(25,26)21-13-15-5-2-1-3-6-15/h1-12,14,21,23H,13H2,(H,22,24). The number of nitrogens with zero attached hydrogens (tertiary/aromatic N) is 1. The molecule has 0 aliphatic rings. The fourth-order valence-corrected chi connectivity index (χ4v) is 3.16. The predicted octanol–water partition coefficient (Wildman–Crippen LogP) is 2.78. The first-order chi connectivity index (χ1) is 13.0. The Kier molecular flexibility index (Phi) is 5.80. The summed E-state index contributed by atoms with van der Waals surface area (Å²) in [4.78, 5) is 16.0. The molecule has 27 heavy (non-hydrogen) atoms. The van der Waals surface area contributed by atoms with E-state index in [1.165, 1.54) is 6.20 Å². The number of nitrogens with one attached hydrogen (secondary N) is 3. The van der Waals surface area contributed by atoms with Crippen molar-refractivity contribution in [2.75, 3.05) is 10.0 Å². The van der Waals surface area contributed by atoms with Gasteiger partial charge >= 0.3 is 0 Å². The predicted molar refractivity (Wildman–Crippen MR) is 104 cm³/mol. The average molecular weight is 382 g/mol. The summed E-state index contributed by atoms with van der Waals surface area (Å²) in [5.41, 5.74) is 2.22. The van der Waals surface area contributed by atoms with Crippen LogP contribution in [0.5, 0.6) is 0 Å². The second kappa shape index (κ2) is 8.43. The van der Waals surface area contributed by atoms with Crippen molar-refractivity contribution in [3.63, 3.8) is 0 Å². The van der Waals surface area contributed by atoms with Gasteiger partial charge in [-0.15, -0.1) is 0 Å². The fourth-order valence-electron chi connectivity index (χ4n) is 2.29. The van der Waals surface area contributed by atoms with Crippen LogP contribution < -0.4 is 14.8 Å². The molecule has 8 heteroatoms. The van der Waals surface area contributed by atoms with Gasteiger partial charge in [-0.25, -0.2) is 0 Å². The Hall–Kier alpha value is -3.23. The van der Waals surface area contributed by atoms with Crippen LogP contribution in [0.1, 0.15) is 15.9 Å². The molecule has 1 amide bonds. The van der Waals surface area contributed by atoms with Crippen molar-refractivity contribution in [1.29, 1.82) is 0 Å². The van der Waals surface area contributed by atoms with Gasteiger partial charge in [-0.05, 0) is 42.0 Å². The van der Waals surface area contributed by atoms with E-state index < -0.39 is 10.2 Å². The Labute approximate surface area is 157 Å². The minimum absolute atomic E-state index is 0.190. The van der Waals surface area contributed by atoms with E-state index >= 15 is 0 Å². The zero-order valence-electron chi connectivity index (χ0n) is 14.3. The van der Waals surface area contributed by atoms with Crippen molar-refractivity contribution >= 4 is 27.5 Å². The van der Waals surface area contributed by atoms with Crippen molar-refractivity contribution in [3.8, 4) is 0 Å². The van der Waals surface area contributed by atoms with Gasteiger partial charge in [0.2, 0.25) is 0 Å². The quantitative estimate of drug-likeness (QED) is 0.585. The van der Waals surface area contributed by atoms with E-state index in [9.17, 15) is 13.2 Å². The number of hydrogen-bond acceptors (Lipinski definition) is 4. The lowest BCUT2D eigenvalue weighted by Crippen LogP contribution is -2.29. The Morgan fingerprint density at radius 2 is 1.59 bits per heavy atom.